The second kappa shape index (κ2) is 6.32. The highest BCUT2D eigenvalue weighted by Gasteiger charge is 2.11. The van der Waals surface area contributed by atoms with E-state index < -0.39 is 0 Å². The first-order chi connectivity index (χ1) is 6.97. The summed E-state index contributed by atoms with van der Waals surface area (Å²) in [6.45, 7) is 8.06. The molecular weight excluding hydrogens is 176 g/mol. The van der Waals surface area contributed by atoms with E-state index in [0.717, 1.165) is 32.1 Å². The Morgan fingerprint density at radius 3 is 2.29 bits per heavy atom. The minimum atomic E-state index is 0.846. The van der Waals surface area contributed by atoms with Gasteiger partial charge in [0.15, 0.2) is 0 Å². The maximum atomic E-state index is 4.19. The molecule has 14 heavy (non-hydrogen) atoms. The summed E-state index contributed by atoms with van der Waals surface area (Å²) in [5.41, 5.74) is 0. The van der Waals surface area contributed by atoms with Gasteiger partial charge in [0.25, 0.3) is 0 Å². The fourth-order valence-corrected chi connectivity index (χ4v) is 1.32. The summed E-state index contributed by atoms with van der Waals surface area (Å²) in [4.78, 5) is 10.6. The van der Waals surface area contributed by atoms with Crippen LogP contribution in [-0.4, -0.2) is 36.1 Å². The van der Waals surface area contributed by atoms with Crippen molar-refractivity contribution in [2.45, 2.75) is 13.8 Å². The third kappa shape index (κ3) is 2.96. The predicted octanol–water partition coefficient (Wildman–Crippen LogP) is 0.912. The van der Waals surface area contributed by atoms with Crippen LogP contribution in [0.25, 0.3) is 0 Å². The van der Waals surface area contributed by atoms with Crippen molar-refractivity contribution < 1.29 is 0 Å². The van der Waals surface area contributed by atoms with Gasteiger partial charge in [-0.1, -0.05) is 13.8 Å². The molecule has 0 saturated carbocycles. The van der Waals surface area contributed by atoms with Gasteiger partial charge in [-0.2, -0.15) is 0 Å². The molecule has 0 spiro atoms. The van der Waals surface area contributed by atoms with Crippen LogP contribution in [-0.2, 0) is 0 Å². The van der Waals surface area contributed by atoms with E-state index in [0.29, 0.717) is 0 Å². The molecule has 1 aromatic rings. The lowest BCUT2D eigenvalue weighted by atomic mass is 10.4. The molecule has 0 aliphatic carbocycles. The largest absolute Gasteiger partial charge is 0.338 e. The SMILES string of the molecule is CC.c1cnc(N2CCNCC2)nc1. The fourth-order valence-electron chi connectivity index (χ4n) is 1.32. The van der Waals surface area contributed by atoms with Crippen LogP contribution in [0.3, 0.4) is 0 Å². The lowest BCUT2D eigenvalue weighted by Gasteiger charge is -2.26. The number of piperazine rings is 1. The molecule has 0 atom stereocenters. The van der Waals surface area contributed by atoms with Crippen LogP contribution in [0.1, 0.15) is 13.8 Å². The number of hydrogen-bond acceptors (Lipinski definition) is 4. The van der Waals surface area contributed by atoms with Crippen LogP contribution in [0.15, 0.2) is 18.5 Å². The van der Waals surface area contributed by atoms with Crippen LogP contribution in [0.4, 0.5) is 5.95 Å². The van der Waals surface area contributed by atoms with Gasteiger partial charge in [-0.25, -0.2) is 9.97 Å². The Labute approximate surface area is 85.4 Å². The molecule has 0 aromatic carbocycles. The van der Waals surface area contributed by atoms with Crippen molar-refractivity contribution in [1.29, 1.82) is 0 Å². The average Bonchev–Trinajstić information content (AvgIpc) is 2.34. The molecule has 4 heteroatoms. The third-order valence-electron chi connectivity index (χ3n) is 1.95. The van der Waals surface area contributed by atoms with Gasteiger partial charge in [0.1, 0.15) is 0 Å². The Morgan fingerprint density at radius 2 is 1.71 bits per heavy atom. The molecule has 1 aromatic heterocycles. The van der Waals surface area contributed by atoms with Gasteiger partial charge in [-0.3, -0.25) is 0 Å². The lowest BCUT2D eigenvalue weighted by molar-refractivity contribution is 0.580. The van der Waals surface area contributed by atoms with E-state index in [1.54, 1.807) is 12.4 Å². The predicted molar refractivity (Wildman–Crippen MR) is 58.5 cm³/mol. The Bertz CT molecular complexity index is 231. The van der Waals surface area contributed by atoms with Crippen LogP contribution < -0.4 is 10.2 Å². The topological polar surface area (TPSA) is 41.1 Å². The average molecular weight is 194 g/mol. The van der Waals surface area contributed by atoms with Crippen molar-refractivity contribution in [2.75, 3.05) is 31.1 Å². The molecule has 4 nitrogen and oxygen atoms in total. The number of aromatic nitrogens is 2. The highest BCUT2D eigenvalue weighted by Crippen LogP contribution is 2.04. The van der Waals surface area contributed by atoms with Crippen molar-refractivity contribution in [3.05, 3.63) is 18.5 Å². The normalized spacial score (nSPS) is 15.7. The second-order valence-corrected chi connectivity index (χ2v) is 2.79. The summed E-state index contributed by atoms with van der Waals surface area (Å²) in [6.07, 6.45) is 3.56. The van der Waals surface area contributed by atoms with E-state index in [9.17, 15) is 0 Å². The van der Waals surface area contributed by atoms with E-state index in [1.165, 1.54) is 0 Å². The molecule has 0 radical (unpaired) electrons. The summed E-state index contributed by atoms with van der Waals surface area (Å²) in [5.74, 6) is 0.846. The zero-order valence-corrected chi connectivity index (χ0v) is 8.90. The number of anilines is 1. The molecule has 2 heterocycles. The van der Waals surface area contributed by atoms with Crippen molar-refractivity contribution in [2.24, 2.45) is 0 Å². The summed E-state index contributed by atoms with van der Waals surface area (Å²) >= 11 is 0. The maximum absolute atomic E-state index is 4.19. The number of rotatable bonds is 1. The minimum absolute atomic E-state index is 0.846. The van der Waals surface area contributed by atoms with E-state index in [1.807, 2.05) is 19.9 Å². The Balaban J connectivity index is 0.000000461. The smallest absolute Gasteiger partial charge is 0.225 e. The van der Waals surface area contributed by atoms with Crippen molar-refractivity contribution >= 4 is 5.95 Å². The van der Waals surface area contributed by atoms with E-state index in [4.69, 9.17) is 0 Å². The van der Waals surface area contributed by atoms with Crippen molar-refractivity contribution in [3.8, 4) is 0 Å². The van der Waals surface area contributed by atoms with Crippen molar-refractivity contribution in [3.63, 3.8) is 0 Å². The number of nitrogens with one attached hydrogen (secondary N) is 1. The first kappa shape index (κ1) is 10.9. The zero-order chi connectivity index (χ0) is 10.2. The van der Waals surface area contributed by atoms with E-state index in [2.05, 4.69) is 20.2 Å². The van der Waals surface area contributed by atoms with E-state index >= 15 is 0 Å². The van der Waals surface area contributed by atoms with Crippen molar-refractivity contribution in [1.82, 2.24) is 15.3 Å². The Kier molecular flexibility index (Phi) is 4.93. The van der Waals surface area contributed by atoms with Gasteiger partial charge in [0, 0.05) is 38.6 Å². The Morgan fingerprint density at radius 1 is 1.14 bits per heavy atom. The first-order valence-electron chi connectivity index (χ1n) is 5.19. The highest BCUT2D eigenvalue weighted by molar-refractivity contribution is 5.28. The molecule has 78 valence electrons. The second-order valence-electron chi connectivity index (χ2n) is 2.79. The maximum Gasteiger partial charge on any atom is 0.225 e. The summed E-state index contributed by atoms with van der Waals surface area (Å²) < 4.78 is 0. The third-order valence-corrected chi connectivity index (χ3v) is 1.95. The van der Waals surface area contributed by atoms with Crippen LogP contribution in [0.2, 0.25) is 0 Å². The minimum Gasteiger partial charge on any atom is -0.338 e. The molecule has 1 N–H and O–H groups in total. The van der Waals surface area contributed by atoms with Gasteiger partial charge in [-0.05, 0) is 6.07 Å². The van der Waals surface area contributed by atoms with Gasteiger partial charge in [0.05, 0.1) is 0 Å². The molecule has 1 aliphatic rings. The van der Waals surface area contributed by atoms with E-state index in [-0.39, 0.29) is 0 Å². The molecule has 1 fully saturated rings. The van der Waals surface area contributed by atoms with Crippen LogP contribution in [0, 0.1) is 0 Å². The lowest BCUT2D eigenvalue weighted by Crippen LogP contribution is -2.44. The van der Waals surface area contributed by atoms with Crippen LogP contribution >= 0.6 is 0 Å². The molecule has 0 amide bonds. The van der Waals surface area contributed by atoms with Gasteiger partial charge in [-0.15, -0.1) is 0 Å². The van der Waals surface area contributed by atoms with Crippen LogP contribution in [0.5, 0.6) is 0 Å². The summed E-state index contributed by atoms with van der Waals surface area (Å²) in [7, 11) is 0. The Hall–Kier alpha value is -1.16. The molecule has 0 unspecified atom stereocenters. The molecule has 0 bridgehead atoms. The van der Waals surface area contributed by atoms with Gasteiger partial charge in [0.2, 0.25) is 5.95 Å². The summed E-state index contributed by atoms with van der Waals surface area (Å²) in [6, 6.07) is 1.84. The number of hydrogen-bond donors (Lipinski definition) is 1. The first-order valence-corrected chi connectivity index (χ1v) is 5.19. The summed E-state index contributed by atoms with van der Waals surface area (Å²) in [5, 5.41) is 3.29. The zero-order valence-electron chi connectivity index (χ0n) is 8.90. The molecule has 2 rings (SSSR count). The fraction of sp³-hybridized carbons (Fsp3) is 0.600. The monoisotopic (exact) mass is 194 g/mol. The van der Waals surface area contributed by atoms with Gasteiger partial charge >= 0.3 is 0 Å². The quantitative estimate of drug-likeness (QED) is 0.721. The molecule has 1 saturated heterocycles. The number of nitrogens with zero attached hydrogens (tertiary/aromatic N) is 3. The molecule has 1 aliphatic heterocycles. The van der Waals surface area contributed by atoms with Gasteiger partial charge < -0.3 is 10.2 Å². The standard InChI is InChI=1S/C8H12N4.C2H6/c1-2-10-8(11-3-1)12-6-4-9-5-7-12;1-2/h1-3,9H,4-7H2;1-2H3. The molecular formula is C10H18N4. The highest BCUT2D eigenvalue weighted by atomic mass is 15.3.